The zero-order valence-corrected chi connectivity index (χ0v) is 15.5. The minimum Gasteiger partial charge on any atom is -0.352 e. The van der Waals surface area contributed by atoms with E-state index in [1.807, 2.05) is 12.1 Å². The Labute approximate surface area is 161 Å². The fraction of sp³-hybridized carbons (Fsp3) is 0.200. The van der Waals surface area contributed by atoms with Gasteiger partial charge in [0.25, 0.3) is 0 Å². The van der Waals surface area contributed by atoms with Crippen molar-refractivity contribution in [2.75, 3.05) is 36.0 Å². The van der Waals surface area contributed by atoms with Crippen LogP contribution in [0.5, 0.6) is 0 Å². The molecule has 0 unspecified atom stereocenters. The quantitative estimate of drug-likeness (QED) is 0.547. The summed E-state index contributed by atoms with van der Waals surface area (Å²) in [5.74, 6) is 1.82. The van der Waals surface area contributed by atoms with E-state index in [0.29, 0.717) is 0 Å². The number of nitrogens with zero attached hydrogens (tertiary/aromatic N) is 6. The lowest BCUT2D eigenvalue weighted by molar-refractivity contribution is 0.636. The minimum atomic E-state index is 0.797. The van der Waals surface area contributed by atoms with Crippen LogP contribution in [0.25, 0.3) is 21.3 Å². The molecule has 0 radical (unpaired) electrons. The maximum absolute atomic E-state index is 4.66. The molecule has 4 aromatic rings. The molecular weight excluding hydrogens is 356 g/mol. The molecule has 3 aromatic heterocycles. The highest BCUT2D eigenvalue weighted by atomic mass is 32.1. The number of piperazine rings is 1. The number of anilines is 2. The molecule has 4 heterocycles. The summed E-state index contributed by atoms with van der Waals surface area (Å²) in [5.41, 5.74) is 2.41. The van der Waals surface area contributed by atoms with Crippen LogP contribution in [0.4, 0.5) is 11.8 Å². The first-order valence-corrected chi connectivity index (χ1v) is 9.82. The number of hydrogen-bond acceptors (Lipinski definition) is 7. The molecule has 1 fully saturated rings. The van der Waals surface area contributed by atoms with E-state index < -0.39 is 0 Å². The van der Waals surface area contributed by atoms with Crippen molar-refractivity contribution in [3.8, 4) is 11.1 Å². The summed E-state index contributed by atoms with van der Waals surface area (Å²) in [6, 6.07) is 12.3. The van der Waals surface area contributed by atoms with E-state index in [1.54, 1.807) is 30.1 Å². The number of hydrogen-bond donors (Lipinski definition) is 0. The average Bonchev–Trinajstić information content (AvgIpc) is 3.20. The highest BCUT2D eigenvalue weighted by molar-refractivity contribution is 7.17. The van der Waals surface area contributed by atoms with Gasteiger partial charge in [0.2, 0.25) is 5.95 Å². The third-order valence-corrected chi connectivity index (χ3v) is 5.74. The van der Waals surface area contributed by atoms with Gasteiger partial charge in [-0.25, -0.2) is 19.9 Å². The lowest BCUT2D eigenvalue weighted by atomic mass is 10.1. The van der Waals surface area contributed by atoms with Crippen molar-refractivity contribution in [1.82, 2.24) is 19.9 Å². The molecule has 0 bridgehead atoms. The van der Waals surface area contributed by atoms with Crippen molar-refractivity contribution in [3.63, 3.8) is 0 Å². The summed E-state index contributed by atoms with van der Waals surface area (Å²) >= 11 is 1.68. The van der Waals surface area contributed by atoms with Gasteiger partial charge in [0.15, 0.2) is 0 Å². The third-order valence-electron chi connectivity index (χ3n) is 4.85. The monoisotopic (exact) mass is 374 g/mol. The summed E-state index contributed by atoms with van der Waals surface area (Å²) in [6.07, 6.45) is 5.26. The van der Waals surface area contributed by atoms with Crippen molar-refractivity contribution < 1.29 is 0 Å². The predicted octanol–water partition coefficient (Wildman–Crippen LogP) is 3.47. The van der Waals surface area contributed by atoms with E-state index in [1.165, 1.54) is 11.1 Å². The fourth-order valence-electron chi connectivity index (χ4n) is 3.50. The Bertz CT molecular complexity index is 1040. The van der Waals surface area contributed by atoms with Gasteiger partial charge in [-0.15, -0.1) is 11.3 Å². The first-order chi connectivity index (χ1) is 13.4. The van der Waals surface area contributed by atoms with E-state index in [4.69, 9.17) is 0 Å². The van der Waals surface area contributed by atoms with Gasteiger partial charge in [-0.3, -0.25) is 0 Å². The van der Waals surface area contributed by atoms with Gasteiger partial charge in [-0.2, -0.15) is 0 Å². The standard InChI is InChI=1S/C20H18N6S/c1-2-5-15(6-3-1)16-13-27-19-17(16)18(23-14-24-19)25-9-11-26(12-10-25)20-21-7-4-8-22-20/h1-8,13-14H,9-12H2. The molecule has 0 atom stereocenters. The highest BCUT2D eigenvalue weighted by Gasteiger charge is 2.23. The Hall–Kier alpha value is -3.06. The molecular formula is C20H18N6S. The first kappa shape index (κ1) is 16.1. The van der Waals surface area contributed by atoms with E-state index in [2.05, 4.69) is 59.4 Å². The number of rotatable bonds is 3. The fourth-order valence-corrected chi connectivity index (χ4v) is 4.41. The molecule has 1 aliphatic heterocycles. The van der Waals surface area contributed by atoms with Gasteiger partial charge in [-0.1, -0.05) is 30.3 Å². The van der Waals surface area contributed by atoms with Crippen molar-refractivity contribution in [2.24, 2.45) is 0 Å². The molecule has 0 saturated carbocycles. The van der Waals surface area contributed by atoms with Gasteiger partial charge >= 0.3 is 0 Å². The number of benzene rings is 1. The molecule has 7 heteroatoms. The Kier molecular flexibility index (Phi) is 4.14. The van der Waals surface area contributed by atoms with Crippen LogP contribution < -0.4 is 9.80 Å². The zero-order valence-electron chi connectivity index (χ0n) is 14.7. The van der Waals surface area contributed by atoms with Gasteiger partial charge in [-0.05, 0) is 11.6 Å². The second-order valence-corrected chi connectivity index (χ2v) is 7.27. The maximum Gasteiger partial charge on any atom is 0.225 e. The van der Waals surface area contributed by atoms with Crippen LogP contribution in [0.3, 0.4) is 0 Å². The largest absolute Gasteiger partial charge is 0.352 e. The molecule has 134 valence electrons. The van der Waals surface area contributed by atoms with Crippen molar-refractivity contribution >= 4 is 33.3 Å². The molecule has 1 saturated heterocycles. The molecule has 0 amide bonds. The van der Waals surface area contributed by atoms with Crippen LogP contribution in [0.2, 0.25) is 0 Å². The van der Waals surface area contributed by atoms with Crippen molar-refractivity contribution in [1.29, 1.82) is 0 Å². The van der Waals surface area contributed by atoms with Gasteiger partial charge < -0.3 is 9.80 Å². The van der Waals surface area contributed by atoms with Gasteiger partial charge in [0.1, 0.15) is 17.0 Å². The van der Waals surface area contributed by atoms with E-state index in [0.717, 1.165) is 48.2 Å². The summed E-state index contributed by atoms with van der Waals surface area (Å²) in [5, 5.41) is 3.34. The van der Waals surface area contributed by atoms with Crippen molar-refractivity contribution in [2.45, 2.75) is 0 Å². The van der Waals surface area contributed by atoms with E-state index in [9.17, 15) is 0 Å². The van der Waals surface area contributed by atoms with E-state index >= 15 is 0 Å². The Morgan fingerprint density at radius 1 is 0.778 bits per heavy atom. The lowest BCUT2D eigenvalue weighted by Crippen LogP contribution is -2.47. The Morgan fingerprint density at radius 3 is 2.30 bits per heavy atom. The second-order valence-electron chi connectivity index (χ2n) is 6.42. The molecule has 0 N–H and O–H groups in total. The SMILES string of the molecule is c1ccc(-c2csc3ncnc(N4CCN(c5ncccn5)CC4)c23)cc1. The average molecular weight is 374 g/mol. The normalized spacial score (nSPS) is 14.7. The highest BCUT2D eigenvalue weighted by Crippen LogP contribution is 2.38. The van der Waals surface area contributed by atoms with Crippen LogP contribution in [0.1, 0.15) is 0 Å². The molecule has 5 rings (SSSR count). The van der Waals surface area contributed by atoms with Crippen LogP contribution in [-0.2, 0) is 0 Å². The molecule has 1 aromatic carbocycles. The molecule has 0 spiro atoms. The van der Waals surface area contributed by atoms with Crippen molar-refractivity contribution in [3.05, 3.63) is 60.5 Å². The molecule has 0 aliphatic carbocycles. The number of thiophene rings is 1. The summed E-state index contributed by atoms with van der Waals surface area (Å²) in [6.45, 7) is 3.52. The smallest absolute Gasteiger partial charge is 0.225 e. The number of fused-ring (bicyclic) bond motifs is 1. The predicted molar refractivity (Wildman–Crippen MR) is 109 cm³/mol. The van der Waals surface area contributed by atoms with Gasteiger partial charge in [0, 0.05) is 49.5 Å². The minimum absolute atomic E-state index is 0.797. The molecule has 1 aliphatic rings. The maximum atomic E-state index is 4.66. The first-order valence-electron chi connectivity index (χ1n) is 8.95. The van der Waals surface area contributed by atoms with Crippen LogP contribution >= 0.6 is 11.3 Å². The zero-order chi connectivity index (χ0) is 18.1. The Balaban J connectivity index is 1.47. The summed E-state index contributed by atoms with van der Waals surface area (Å²) in [7, 11) is 0. The van der Waals surface area contributed by atoms with Crippen LogP contribution in [0, 0.1) is 0 Å². The van der Waals surface area contributed by atoms with Crippen LogP contribution in [0.15, 0.2) is 60.5 Å². The topological polar surface area (TPSA) is 58.0 Å². The third kappa shape index (κ3) is 3.00. The van der Waals surface area contributed by atoms with E-state index in [-0.39, 0.29) is 0 Å². The molecule has 27 heavy (non-hydrogen) atoms. The molecule has 6 nitrogen and oxygen atoms in total. The Morgan fingerprint density at radius 2 is 1.52 bits per heavy atom. The summed E-state index contributed by atoms with van der Waals surface area (Å²) in [4.78, 5) is 23.5. The lowest BCUT2D eigenvalue weighted by Gasteiger charge is -2.35. The summed E-state index contributed by atoms with van der Waals surface area (Å²) < 4.78 is 0. The van der Waals surface area contributed by atoms with Gasteiger partial charge in [0.05, 0.1) is 5.39 Å². The number of aromatic nitrogens is 4. The van der Waals surface area contributed by atoms with Crippen LogP contribution in [-0.4, -0.2) is 46.1 Å². The second kappa shape index (κ2) is 6.92.